The van der Waals surface area contributed by atoms with Crippen LogP contribution in [0.25, 0.3) is 15.8 Å². The summed E-state index contributed by atoms with van der Waals surface area (Å²) in [6, 6.07) is 8.41. The fourth-order valence-electron chi connectivity index (χ4n) is 2.84. The summed E-state index contributed by atoms with van der Waals surface area (Å²) in [5.41, 5.74) is 1.37. The Balaban J connectivity index is 1.86. The standard InChI is InChI=1S/C16H15ClN2S2/c1-2-4-12-14(19-8-7-18-16(19)21-12)13-9-10-5-3-6-11(17)15(10)20-13/h3,5-6,9H,2,4,7-8H2,1H3. The highest BCUT2D eigenvalue weighted by atomic mass is 35.5. The Hall–Kier alpha value is -0.970. The van der Waals surface area contributed by atoms with E-state index in [4.69, 9.17) is 11.6 Å². The third-order valence-corrected chi connectivity index (χ3v) is 6.55. The molecule has 1 aromatic carbocycles. The van der Waals surface area contributed by atoms with Crippen LogP contribution in [0.3, 0.4) is 0 Å². The lowest BCUT2D eigenvalue weighted by atomic mass is 10.2. The average molecular weight is 335 g/mol. The molecule has 2 aliphatic heterocycles. The van der Waals surface area contributed by atoms with Crippen molar-refractivity contribution in [3.63, 3.8) is 0 Å². The number of amidine groups is 1. The van der Waals surface area contributed by atoms with Crippen LogP contribution in [-0.2, 0) is 0 Å². The van der Waals surface area contributed by atoms with Crippen molar-refractivity contribution < 1.29 is 0 Å². The SMILES string of the molecule is CCCC1=C(c2cc3cccc(Cl)c3s2)N2CCN=C2S1. The third-order valence-electron chi connectivity index (χ3n) is 3.76. The molecule has 3 heterocycles. The van der Waals surface area contributed by atoms with Crippen molar-refractivity contribution in [1.29, 1.82) is 0 Å². The molecular weight excluding hydrogens is 320 g/mol. The van der Waals surface area contributed by atoms with Crippen LogP contribution >= 0.6 is 34.7 Å². The molecule has 0 saturated heterocycles. The molecule has 0 amide bonds. The molecule has 5 heteroatoms. The van der Waals surface area contributed by atoms with Gasteiger partial charge in [0.2, 0.25) is 0 Å². The highest BCUT2D eigenvalue weighted by molar-refractivity contribution is 8.17. The third kappa shape index (κ3) is 2.20. The molecule has 0 atom stereocenters. The van der Waals surface area contributed by atoms with Crippen LogP contribution in [-0.4, -0.2) is 23.2 Å². The normalized spacial score (nSPS) is 17.8. The highest BCUT2D eigenvalue weighted by Gasteiger charge is 2.33. The average Bonchev–Trinajstić information content (AvgIpc) is 3.12. The molecule has 0 N–H and O–H groups in total. The minimum atomic E-state index is 0.849. The number of hydrogen-bond acceptors (Lipinski definition) is 4. The maximum Gasteiger partial charge on any atom is 0.168 e. The molecule has 0 bridgehead atoms. The number of rotatable bonds is 3. The second-order valence-corrected chi connectivity index (χ2v) is 7.73. The Bertz CT molecular complexity index is 776. The van der Waals surface area contributed by atoms with E-state index in [0.717, 1.165) is 24.5 Å². The number of allylic oxidation sites excluding steroid dienone is 1. The molecule has 0 saturated carbocycles. The van der Waals surface area contributed by atoms with E-state index in [0.29, 0.717) is 0 Å². The number of nitrogens with zero attached hydrogens (tertiary/aromatic N) is 2. The second kappa shape index (κ2) is 5.34. The smallest absolute Gasteiger partial charge is 0.168 e. The van der Waals surface area contributed by atoms with E-state index in [2.05, 4.69) is 28.9 Å². The molecule has 2 aliphatic rings. The number of fused-ring (bicyclic) bond motifs is 2. The van der Waals surface area contributed by atoms with Crippen LogP contribution in [0.5, 0.6) is 0 Å². The van der Waals surface area contributed by atoms with Gasteiger partial charge in [0.15, 0.2) is 5.17 Å². The maximum absolute atomic E-state index is 6.34. The van der Waals surface area contributed by atoms with E-state index in [1.165, 1.54) is 37.2 Å². The van der Waals surface area contributed by atoms with Gasteiger partial charge in [0, 0.05) is 11.4 Å². The Kier molecular flexibility index (Phi) is 3.48. The molecule has 4 rings (SSSR count). The van der Waals surface area contributed by atoms with E-state index in [9.17, 15) is 0 Å². The first-order valence-corrected chi connectivity index (χ1v) is 9.20. The highest BCUT2D eigenvalue weighted by Crippen LogP contribution is 2.47. The Morgan fingerprint density at radius 3 is 3.10 bits per heavy atom. The predicted molar refractivity (Wildman–Crippen MR) is 95.3 cm³/mol. The van der Waals surface area contributed by atoms with Gasteiger partial charge in [-0.05, 0) is 23.9 Å². The molecule has 0 unspecified atom stereocenters. The van der Waals surface area contributed by atoms with Crippen LogP contribution in [0, 0.1) is 0 Å². The minimum absolute atomic E-state index is 0.849. The number of thioether (sulfide) groups is 1. The molecule has 108 valence electrons. The van der Waals surface area contributed by atoms with E-state index in [1.807, 2.05) is 23.9 Å². The van der Waals surface area contributed by atoms with Crippen molar-refractivity contribution in [2.45, 2.75) is 19.8 Å². The van der Waals surface area contributed by atoms with Crippen LogP contribution in [0.4, 0.5) is 0 Å². The first kappa shape index (κ1) is 13.7. The van der Waals surface area contributed by atoms with E-state index < -0.39 is 0 Å². The van der Waals surface area contributed by atoms with Gasteiger partial charge < -0.3 is 4.90 Å². The van der Waals surface area contributed by atoms with E-state index >= 15 is 0 Å². The number of benzene rings is 1. The van der Waals surface area contributed by atoms with Gasteiger partial charge in [0.05, 0.1) is 26.8 Å². The molecule has 21 heavy (non-hydrogen) atoms. The van der Waals surface area contributed by atoms with Gasteiger partial charge in [-0.3, -0.25) is 4.99 Å². The zero-order valence-electron chi connectivity index (χ0n) is 11.7. The predicted octanol–water partition coefficient (Wildman–Crippen LogP) is 5.44. The molecule has 0 radical (unpaired) electrons. The summed E-state index contributed by atoms with van der Waals surface area (Å²) in [4.78, 5) is 9.78. The van der Waals surface area contributed by atoms with Crippen LogP contribution in [0.1, 0.15) is 24.6 Å². The summed E-state index contributed by atoms with van der Waals surface area (Å²) in [5, 5.41) is 3.26. The Morgan fingerprint density at radius 1 is 1.38 bits per heavy atom. The zero-order chi connectivity index (χ0) is 14.4. The molecule has 1 aromatic heterocycles. The molecule has 0 fully saturated rings. The Labute approximate surface area is 137 Å². The summed E-state index contributed by atoms with van der Waals surface area (Å²) >= 11 is 9.99. The number of halogens is 1. The number of aliphatic imine (C=N–C) groups is 1. The van der Waals surface area contributed by atoms with E-state index in [-0.39, 0.29) is 0 Å². The molecule has 2 nitrogen and oxygen atoms in total. The fraction of sp³-hybridized carbons (Fsp3) is 0.312. The first-order valence-electron chi connectivity index (χ1n) is 7.19. The molecule has 2 aromatic rings. The summed E-state index contributed by atoms with van der Waals surface area (Å²) in [6.45, 7) is 4.15. The van der Waals surface area contributed by atoms with Crippen molar-refractivity contribution >= 4 is 55.7 Å². The van der Waals surface area contributed by atoms with Gasteiger partial charge in [-0.25, -0.2) is 0 Å². The zero-order valence-corrected chi connectivity index (χ0v) is 14.1. The van der Waals surface area contributed by atoms with Crippen molar-refractivity contribution in [3.8, 4) is 0 Å². The second-order valence-electron chi connectivity index (χ2n) is 5.21. The van der Waals surface area contributed by atoms with Crippen LogP contribution in [0.15, 0.2) is 34.2 Å². The fourth-order valence-corrected chi connectivity index (χ4v) is 5.64. The quantitative estimate of drug-likeness (QED) is 0.742. The van der Waals surface area contributed by atoms with Crippen molar-refractivity contribution in [2.75, 3.05) is 13.1 Å². The van der Waals surface area contributed by atoms with Crippen LogP contribution < -0.4 is 0 Å². The Morgan fingerprint density at radius 2 is 2.29 bits per heavy atom. The largest absolute Gasteiger partial charge is 0.317 e. The number of hydrogen-bond donors (Lipinski definition) is 0. The molecule has 0 spiro atoms. The van der Waals surface area contributed by atoms with Crippen molar-refractivity contribution in [2.24, 2.45) is 4.99 Å². The van der Waals surface area contributed by atoms with Crippen LogP contribution in [0.2, 0.25) is 5.02 Å². The van der Waals surface area contributed by atoms with Crippen molar-refractivity contribution in [3.05, 3.63) is 39.1 Å². The maximum atomic E-state index is 6.34. The van der Waals surface area contributed by atoms with Gasteiger partial charge in [-0.2, -0.15) is 0 Å². The number of thiophene rings is 1. The lowest BCUT2D eigenvalue weighted by molar-refractivity contribution is 0.647. The van der Waals surface area contributed by atoms with Gasteiger partial charge in [-0.15, -0.1) is 11.3 Å². The van der Waals surface area contributed by atoms with Gasteiger partial charge in [-0.1, -0.05) is 48.8 Å². The topological polar surface area (TPSA) is 15.6 Å². The lowest BCUT2D eigenvalue weighted by Crippen LogP contribution is -2.19. The summed E-state index contributed by atoms with van der Waals surface area (Å²) in [7, 11) is 0. The van der Waals surface area contributed by atoms with Crippen molar-refractivity contribution in [1.82, 2.24) is 4.90 Å². The minimum Gasteiger partial charge on any atom is -0.317 e. The van der Waals surface area contributed by atoms with Gasteiger partial charge in [0.25, 0.3) is 0 Å². The first-order chi connectivity index (χ1) is 10.3. The van der Waals surface area contributed by atoms with Gasteiger partial charge in [0.1, 0.15) is 0 Å². The summed E-state index contributed by atoms with van der Waals surface area (Å²) < 4.78 is 1.19. The molecule has 0 aliphatic carbocycles. The van der Waals surface area contributed by atoms with E-state index in [1.54, 1.807) is 11.3 Å². The lowest BCUT2D eigenvalue weighted by Gasteiger charge is -2.15. The van der Waals surface area contributed by atoms with Gasteiger partial charge >= 0.3 is 0 Å². The summed E-state index contributed by atoms with van der Waals surface area (Å²) in [6.07, 6.45) is 2.29. The monoisotopic (exact) mass is 334 g/mol. The summed E-state index contributed by atoms with van der Waals surface area (Å²) in [5.74, 6) is 0. The molecular formula is C16H15ClN2S2.